The number of rotatable bonds is 2. The van der Waals surface area contributed by atoms with Crippen molar-refractivity contribution in [2.45, 2.75) is 19.4 Å². The Balaban J connectivity index is 0.00000121. The third-order valence-electron chi connectivity index (χ3n) is 1.73. The highest BCUT2D eigenvalue weighted by Crippen LogP contribution is 2.11. The summed E-state index contributed by atoms with van der Waals surface area (Å²) >= 11 is 2.04. The van der Waals surface area contributed by atoms with E-state index in [-0.39, 0.29) is 17.9 Å². The lowest BCUT2D eigenvalue weighted by molar-refractivity contribution is 0.246. The predicted molar refractivity (Wildman–Crippen MR) is 59.3 cm³/mol. The highest BCUT2D eigenvalue weighted by molar-refractivity contribution is 7.99. The molecule has 0 aliphatic carbocycles. The molecule has 0 aromatic heterocycles. The molecule has 1 aliphatic heterocycles. The molecule has 0 bridgehead atoms. The van der Waals surface area contributed by atoms with Crippen LogP contribution in [-0.2, 0) is 0 Å². The van der Waals surface area contributed by atoms with E-state index in [1.807, 2.05) is 11.8 Å². The molecule has 0 atom stereocenters. The molecule has 4 heteroatoms. The zero-order valence-corrected chi connectivity index (χ0v) is 9.51. The first-order valence-electron chi connectivity index (χ1n) is 4.17. The SMILES string of the molecule is CC(C)(N)CN1CCSCC1.Cl. The quantitative estimate of drug-likeness (QED) is 0.743. The Morgan fingerprint density at radius 3 is 2.25 bits per heavy atom. The fourth-order valence-electron chi connectivity index (χ4n) is 1.34. The summed E-state index contributed by atoms with van der Waals surface area (Å²) < 4.78 is 0. The van der Waals surface area contributed by atoms with E-state index in [9.17, 15) is 0 Å². The number of halogens is 1. The first-order valence-corrected chi connectivity index (χ1v) is 5.32. The predicted octanol–water partition coefficient (Wildman–Crippen LogP) is 1.19. The van der Waals surface area contributed by atoms with Crippen LogP contribution < -0.4 is 5.73 Å². The molecule has 0 aromatic rings. The summed E-state index contributed by atoms with van der Waals surface area (Å²) in [6, 6.07) is 0. The van der Waals surface area contributed by atoms with Crippen molar-refractivity contribution in [3.8, 4) is 0 Å². The topological polar surface area (TPSA) is 29.3 Å². The second kappa shape index (κ2) is 5.32. The van der Waals surface area contributed by atoms with Crippen molar-refractivity contribution in [3.05, 3.63) is 0 Å². The molecule has 0 saturated carbocycles. The van der Waals surface area contributed by atoms with Gasteiger partial charge in [-0.15, -0.1) is 12.4 Å². The van der Waals surface area contributed by atoms with Gasteiger partial charge in [0, 0.05) is 36.7 Å². The summed E-state index contributed by atoms with van der Waals surface area (Å²) in [5, 5.41) is 0. The molecule has 0 radical (unpaired) electrons. The van der Waals surface area contributed by atoms with E-state index in [0.717, 1.165) is 6.54 Å². The van der Waals surface area contributed by atoms with Gasteiger partial charge in [0.05, 0.1) is 0 Å². The van der Waals surface area contributed by atoms with Crippen molar-refractivity contribution in [3.63, 3.8) is 0 Å². The third-order valence-corrected chi connectivity index (χ3v) is 2.68. The van der Waals surface area contributed by atoms with Crippen LogP contribution in [0.1, 0.15) is 13.8 Å². The van der Waals surface area contributed by atoms with Gasteiger partial charge in [0.2, 0.25) is 0 Å². The van der Waals surface area contributed by atoms with Gasteiger partial charge < -0.3 is 5.73 Å². The van der Waals surface area contributed by atoms with Gasteiger partial charge >= 0.3 is 0 Å². The molecule has 1 aliphatic rings. The van der Waals surface area contributed by atoms with Crippen LogP contribution in [0.25, 0.3) is 0 Å². The van der Waals surface area contributed by atoms with E-state index < -0.39 is 0 Å². The molecule has 2 nitrogen and oxygen atoms in total. The first kappa shape index (κ1) is 12.6. The fraction of sp³-hybridized carbons (Fsp3) is 1.00. The first-order chi connectivity index (χ1) is 5.08. The summed E-state index contributed by atoms with van der Waals surface area (Å²) in [5.74, 6) is 2.55. The highest BCUT2D eigenvalue weighted by atomic mass is 35.5. The maximum absolute atomic E-state index is 5.92. The third kappa shape index (κ3) is 5.25. The Morgan fingerprint density at radius 2 is 1.83 bits per heavy atom. The summed E-state index contributed by atoms with van der Waals surface area (Å²) in [7, 11) is 0. The monoisotopic (exact) mass is 210 g/mol. The van der Waals surface area contributed by atoms with Gasteiger partial charge in [-0.1, -0.05) is 0 Å². The number of hydrogen-bond donors (Lipinski definition) is 1. The lowest BCUT2D eigenvalue weighted by Gasteiger charge is -2.32. The molecule has 1 heterocycles. The van der Waals surface area contributed by atoms with Crippen molar-refractivity contribution in [1.29, 1.82) is 0 Å². The van der Waals surface area contributed by atoms with Gasteiger partial charge in [-0.2, -0.15) is 11.8 Å². The van der Waals surface area contributed by atoms with E-state index in [4.69, 9.17) is 5.73 Å². The molecule has 12 heavy (non-hydrogen) atoms. The molecule has 1 fully saturated rings. The maximum Gasteiger partial charge on any atom is 0.0226 e. The largest absolute Gasteiger partial charge is 0.324 e. The number of nitrogens with zero attached hydrogens (tertiary/aromatic N) is 1. The average Bonchev–Trinajstić information content (AvgIpc) is 1.85. The van der Waals surface area contributed by atoms with Crippen molar-refractivity contribution in [2.24, 2.45) is 5.73 Å². The minimum atomic E-state index is -0.0258. The molecular weight excluding hydrogens is 192 g/mol. The Hall–Kier alpha value is 0.560. The summed E-state index contributed by atoms with van der Waals surface area (Å²) in [6.45, 7) is 7.65. The van der Waals surface area contributed by atoms with Crippen molar-refractivity contribution < 1.29 is 0 Å². The molecule has 0 unspecified atom stereocenters. The van der Waals surface area contributed by atoms with Gasteiger partial charge in [0.15, 0.2) is 0 Å². The molecule has 1 saturated heterocycles. The molecule has 1 rings (SSSR count). The van der Waals surface area contributed by atoms with Gasteiger partial charge in [-0.3, -0.25) is 4.90 Å². The average molecular weight is 211 g/mol. The van der Waals surface area contributed by atoms with Crippen LogP contribution in [0.15, 0.2) is 0 Å². The van der Waals surface area contributed by atoms with Crippen LogP contribution in [0.4, 0.5) is 0 Å². The second-order valence-corrected chi connectivity index (χ2v) is 5.10. The Morgan fingerprint density at radius 1 is 1.33 bits per heavy atom. The van der Waals surface area contributed by atoms with E-state index in [2.05, 4.69) is 18.7 Å². The van der Waals surface area contributed by atoms with Crippen LogP contribution in [0.3, 0.4) is 0 Å². The van der Waals surface area contributed by atoms with Crippen LogP contribution >= 0.6 is 24.2 Å². The van der Waals surface area contributed by atoms with Crippen LogP contribution in [-0.4, -0.2) is 41.6 Å². The van der Waals surface area contributed by atoms with E-state index in [1.54, 1.807) is 0 Å². The summed E-state index contributed by atoms with van der Waals surface area (Å²) in [6.07, 6.45) is 0. The summed E-state index contributed by atoms with van der Waals surface area (Å²) in [4.78, 5) is 2.45. The van der Waals surface area contributed by atoms with E-state index in [1.165, 1.54) is 24.6 Å². The second-order valence-electron chi connectivity index (χ2n) is 3.88. The standard InChI is InChI=1S/C8H18N2S.ClH/c1-8(2,9)7-10-3-5-11-6-4-10;/h3-7,9H2,1-2H3;1H. The lowest BCUT2D eigenvalue weighted by Crippen LogP contribution is -2.47. The zero-order chi connectivity index (χ0) is 8.32. The minimum absolute atomic E-state index is 0. The van der Waals surface area contributed by atoms with Gasteiger partial charge in [-0.25, -0.2) is 0 Å². The molecule has 74 valence electrons. The van der Waals surface area contributed by atoms with Crippen LogP contribution in [0, 0.1) is 0 Å². The maximum atomic E-state index is 5.92. The summed E-state index contributed by atoms with van der Waals surface area (Å²) in [5.41, 5.74) is 5.89. The molecular formula is C8H19ClN2S. The fourth-order valence-corrected chi connectivity index (χ4v) is 2.31. The Kier molecular flexibility index (Phi) is 5.57. The zero-order valence-electron chi connectivity index (χ0n) is 7.88. The van der Waals surface area contributed by atoms with Gasteiger partial charge in [-0.05, 0) is 13.8 Å². The molecule has 0 amide bonds. The minimum Gasteiger partial charge on any atom is -0.324 e. The van der Waals surface area contributed by atoms with Crippen molar-refractivity contribution >= 4 is 24.2 Å². The molecule has 0 aromatic carbocycles. The number of nitrogens with two attached hydrogens (primary N) is 1. The number of thioether (sulfide) groups is 1. The number of hydrogen-bond acceptors (Lipinski definition) is 3. The van der Waals surface area contributed by atoms with E-state index >= 15 is 0 Å². The van der Waals surface area contributed by atoms with E-state index in [0.29, 0.717) is 0 Å². The molecule has 2 N–H and O–H groups in total. The van der Waals surface area contributed by atoms with Crippen LogP contribution in [0.5, 0.6) is 0 Å². The smallest absolute Gasteiger partial charge is 0.0226 e. The highest BCUT2D eigenvalue weighted by Gasteiger charge is 2.18. The lowest BCUT2D eigenvalue weighted by atomic mass is 10.1. The van der Waals surface area contributed by atoms with Crippen molar-refractivity contribution in [1.82, 2.24) is 4.90 Å². The Labute approximate surface area is 85.7 Å². The van der Waals surface area contributed by atoms with Gasteiger partial charge in [0.25, 0.3) is 0 Å². The molecule has 0 spiro atoms. The van der Waals surface area contributed by atoms with Crippen molar-refractivity contribution in [2.75, 3.05) is 31.1 Å². The van der Waals surface area contributed by atoms with Gasteiger partial charge in [0.1, 0.15) is 0 Å². The Bertz CT molecular complexity index is 119. The normalized spacial score (nSPS) is 20.2. The van der Waals surface area contributed by atoms with Crippen LogP contribution in [0.2, 0.25) is 0 Å².